The average molecular weight is 442 g/mol. The lowest BCUT2D eigenvalue weighted by atomic mass is 10.0. The number of likely N-dealkylation sites (N-methyl/N-ethyl adjacent to an activating group) is 1. The first-order chi connectivity index (χ1) is 16.1. The number of benzene rings is 1. The summed E-state index contributed by atoms with van der Waals surface area (Å²) in [6.45, 7) is 8.40. The molecule has 0 aliphatic carbocycles. The Hall–Kier alpha value is -3.71. The zero-order chi connectivity index (χ0) is 23.2. The molecular formula is C26H31N7. The molecule has 2 aromatic heterocycles. The van der Waals surface area contributed by atoms with Gasteiger partial charge in [-0.15, -0.1) is 0 Å². The summed E-state index contributed by atoms with van der Waals surface area (Å²) in [6.07, 6.45) is 8.17. The van der Waals surface area contributed by atoms with Gasteiger partial charge in [-0.3, -0.25) is 4.99 Å². The number of allylic oxidation sites excluding steroid dienone is 1. The summed E-state index contributed by atoms with van der Waals surface area (Å²) in [5.41, 5.74) is 9.45. The zero-order valence-electron chi connectivity index (χ0n) is 19.3. The largest absolute Gasteiger partial charge is 0.404 e. The normalized spacial score (nSPS) is 15.7. The number of nitrogens with one attached hydrogen (secondary N) is 1. The van der Waals surface area contributed by atoms with Gasteiger partial charge in [0.15, 0.2) is 0 Å². The van der Waals surface area contributed by atoms with Gasteiger partial charge in [-0.25, -0.2) is 9.97 Å². The summed E-state index contributed by atoms with van der Waals surface area (Å²) < 4.78 is 0. The highest BCUT2D eigenvalue weighted by molar-refractivity contribution is 6.10. The fraction of sp³-hybridized carbons (Fsp3) is 0.269. The van der Waals surface area contributed by atoms with Gasteiger partial charge in [-0.2, -0.15) is 0 Å². The average Bonchev–Trinajstić information content (AvgIpc) is 3.06. The third kappa shape index (κ3) is 5.38. The van der Waals surface area contributed by atoms with Crippen molar-refractivity contribution in [2.45, 2.75) is 6.42 Å². The maximum atomic E-state index is 5.78. The van der Waals surface area contributed by atoms with Gasteiger partial charge in [0.1, 0.15) is 11.6 Å². The standard InChI is InChI=1S/C26H31N7/c1-19(20-7-8-29-26(15-20)33-10-4-9-32(3)11-12-33)31-25-14-23-13-21(24(16-27)17-28-2)5-6-22(23)18-30-25/h5-8,13-18H,1,4,9-12,27H2,2-3H3,(H,30,31)/b24-16+,28-17?. The van der Waals surface area contributed by atoms with Crippen LogP contribution < -0.4 is 16.0 Å². The highest BCUT2D eigenvalue weighted by Gasteiger charge is 2.14. The van der Waals surface area contributed by atoms with Gasteiger partial charge in [0.05, 0.1) is 0 Å². The van der Waals surface area contributed by atoms with Crippen molar-refractivity contribution in [1.82, 2.24) is 14.9 Å². The molecule has 3 aromatic rings. The first-order valence-electron chi connectivity index (χ1n) is 11.2. The lowest BCUT2D eigenvalue weighted by molar-refractivity contribution is 0.360. The van der Waals surface area contributed by atoms with Gasteiger partial charge in [-0.05, 0) is 55.2 Å². The Balaban J connectivity index is 1.54. The highest BCUT2D eigenvalue weighted by Crippen LogP contribution is 2.25. The summed E-state index contributed by atoms with van der Waals surface area (Å²) in [5, 5.41) is 5.48. The minimum absolute atomic E-state index is 0.738. The number of pyridine rings is 2. The summed E-state index contributed by atoms with van der Waals surface area (Å²) in [4.78, 5) is 18.0. The van der Waals surface area contributed by atoms with E-state index in [1.54, 1.807) is 19.5 Å². The zero-order valence-corrected chi connectivity index (χ0v) is 19.3. The molecule has 7 nitrogen and oxygen atoms in total. The molecule has 3 heterocycles. The number of nitrogens with zero attached hydrogens (tertiary/aromatic N) is 5. The molecule has 0 saturated carbocycles. The van der Waals surface area contributed by atoms with Crippen LogP contribution in [0.25, 0.3) is 22.0 Å². The fourth-order valence-electron chi connectivity index (χ4n) is 4.02. The van der Waals surface area contributed by atoms with E-state index in [1.807, 2.05) is 36.7 Å². The van der Waals surface area contributed by atoms with Crippen molar-refractivity contribution in [2.75, 3.05) is 50.5 Å². The molecule has 0 radical (unpaired) electrons. The number of fused-ring (bicyclic) bond motifs is 1. The number of hydrogen-bond donors (Lipinski definition) is 2. The molecule has 1 aliphatic heterocycles. The van der Waals surface area contributed by atoms with E-state index in [9.17, 15) is 0 Å². The van der Waals surface area contributed by atoms with Crippen molar-refractivity contribution in [2.24, 2.45) is 10.7 Å². The molecule has 1 saturated heterocycles. The van der Waals surface area contributed by atoms with Gasteiger partial charge >= 0.3 is 0 Å². The first kappa shape index (κ1) is 22.5. The maximum absolute atomic E-state index is 5.78. The monoisotopic (exact) mass is 441 g/mol. The number of aliphatic imine (C=N–C) groups is 1. The molecule has 170 valence electrons. The second-order valence-electron chi connectivity index (χ2n) is 8.29. The maximum Gasteiger partial charge on any atom is 0.130 e. The van der Waals surface area contributed by atoms with Gasteiger partial charge in [0, 0.05) is 73.7 Å². The molecule has 1 aliphatic rings. The molecule has 33 heavy (non-hydrogen) atoms. The van der Waals surface area contributed by atoms with Gasteiger partial charge < -0.3 is 20.9 Å². The summed E-state index contributed by atoms with van der Waals surface area (Å²) in [7, 11) is 3.90. The number of nitrogens with two attached hydrogens (primary N) is 1. The Morgan fingerprint density at radius 1 is 1.06 bits per heavy atom. The summed E-state index contributed by atoms with van der Waals surface area (Å²) in [5.74, 6) is 1.72. The van der Waals surface area contributed by atoms with E-state index in [2.05, 4.69) is 55.8 Å². The third-order valence-corrected chi connectivity index (χ3v) is 5.92. The SMILES string of the molecule is C=C(Nc1cc2cc(/C(C=NC)=C/N)ccc2cn1)c1ccnc(N2CCCN(C)CC2)c1. The van der Waals surface area contributed by atoms with Crippen molar-refractivity contribution < 1.29 is 0 Å². The van der Waals surface area contributed by atoms with Crippen LogP contribution >= 0.6 is 0 Å². The fourth-order valence-corrected chi connectivity index (χ4v) is 4.02. The Morgan fingerprint density at radius 2 is 1.94 bits per heavy atom. The molecule has 1 aromatic carbocycles. The van der Waals surface area contributed by atoms with Crippen molar-refractivity contribution in [3.05, 3.63) is 72.7 Å². The summed E-state index contributed by atoms with van der Waals surface area (Å²) >= 11 is 0. The molecule has 4 rings (SSSR count). The number of anilines is 2. The molecule has 0 unspecified atom stereocenters. The van der Waals surface area contributed by atoms with Gasteiger partial charge in [0.2, 0.25) is 0 Å². The van der Waals surface area contributed by atoms with Crippen LogP contribution in [-0.4, -0.2) is 61.4 Å². The van der Waals surface area contributed by atoms with Gasteiger partial charge in [0.25, 0.3) is 0 Å². The van der Waals surface area contributed by atoms with E-state index in [0.29, 0.717) is 0 Å². The van der Waals surface area contributed by atoms with Crippen LogP contribution in [0, 0.1) is 0 Å². The lowest BCUT2D eigenvalue weighted by Crippen LogP contribution is -2.29. The van der Waals surface area contributed by atoms with Crippen LogP contribution in [0.3, 0.4) is 0 Å². The molecule has 0 atom stereocenters. The quantitative estimate of drug-likeness (QED) is 0.566. The smallest absolute Gasteiger partial charge is 0.130 e. The molecule has 1 fully saturated rings. The van der Waals surface area contributed by atoms with Gasteiger partial charge in [-0.1, -0.05) is 18.7 Å². The van der Waals surface area contributed by atoms with Crippen molar-refractivity contribution in [1.29, 1.82) is 0 Å². The lowest BCUT2D eigenvalue weighted by Gasteiger charge is -2.22. The topological polar surface area (TPSA) is 82.7 Å². The van der Waals surface area contributed by atoms with Crippen LogP contribution in [0.5, 0.6) is 0 Å². The third-order valence-electron chi connectivity index (χ3n) is 5.92. The minimum Gasteiger partial charge on any atom is -0.404 e. The van der Waals surface area contributed by atoms with E-state index in [-0.39, 0.29) is 0 Å². The minimum atomic E-state index is 0.738. The van der Waals surface area contributed by atoms with E-state index in [1.165, 1.54) is 0 Å². The van der Waals surface area contributed by atoms with E-state index >= 15 is 0 Å². The van der Waals surface area contributed by atoms with Crippen molar-refractivity contribution in [3.8, 4) is 0 Å². The molecule has 0 bridgehead atoms. The molecule has 7 heteroatoms. The van der Waals surface area contributed by atoms with Crippen LogP contribution in [0.15, 0.2) is 66.6 Å². The molecule has 0 amide bonds. The van der Waals surface area contributed by atoms with Crippen LogP contribution in [0.2, 0.25) is 0 Å². The first-order valence-corrected chi connectivity index (χ1v) is 11.2. The van der Waals surface area contributed by atoms with E-state index in [4.69, 9.17) is 5.73 Å². The Labute approximate surface area is 195 Å². The Bertz CT molecular complexity index is 1200. The van der Waals surface area contributed by atoms with E-state index < -0.39 is 0 Å². The molecule has 0 spiro atoms. The Morgan fingerprint density at radius 3 is 2.76 bits per heavy atom. The molecule has 3 N–H and O–H groups in total. The van der Waals surface area contributed by atoms with Crippen molar-refractivity contribution >= 4 is 39.9 Å². The highest BCUT2D eigenvalue weighted by atomic mass is 15.2. The van der Waals surface area contributed by atoms with Crippen LogP contribution in [-0.2, 0) is 0 Å². The predicted molar refractivity (Wildman–Crippen MR) is 140 cm³/mol. The number of hydrogen-bond acceptors (Lipinski definition) is 7. The van der Waals surface area contributed by atoms with Crippen LogP contribution in [0.1, 0.15) is 17.5 Å². The summed E-state index contributed by atoms with van der Waals surface area (Å²) in [6, 6.07) is 12.2. The predicted octanol–water partition coefficient (Wildman–Crippen LogP) is 3.85. The molecular weight excluding hydrogens is 410 g/mol. The van der Waals surface area contributed by atoms with Crippen molar-refractivity contribution in [3.63, 3.8) is 0 Å². The second-order valence-corrected chi connectivity index (χ2v) is 8.29. The number of aromatic nitrogens is 2. The van der Waals surface area contributed by atoms with Crippen LogP contribution in [0.4, 0.5) is 11.6 Å². The van der Waals surface area contributed by atoms with E-state index in [0.717, 1.165) is 77.4 Å². The number of rotatable bonds is 6. The Kier molecular flexibility index (Phi) is 7.00. The second kappa shape index (κ2) is 10.3.